The number of aromatic carboxylic acids is 1. The lowest BCUT2D eigenvalue weighted by Crippen LogP contribution is -2.38. The number of carbonyl (C=O) groups is 1. The largest absolute Gasteiger partial charge is 0.478 e. The standard InChI is InChI=1S/C10H8FNO6/c11-7-2-9(18-5-3-17-4-5)8(12(15)16)1-6(7)10(13)14/h1-2,5H,3-4H2,(H,13,14). The van der Waals surface area contributed by atoms with E-state index in [4.69, 9.17) is 14.6 Å². The van der Waals surface area contributed by atoms with Crippen LogP contribution in [0.25, 0.3) is 0 Å². The van der Waals surface area contributed by atoms with Gasteiger partial charge in [0.15, 0.2) is 0 Å². The Bertz CT molecular complexity index is 513. The Morgan fingerprint density at radius 3 is 2.67 bits per heavy atom. The van der Waals surface area contributed by atoms with E-state index in [0.29, 0.717) is 12.1 Å². The minimum Gasteiger partial charge on any atom is -0.478 e. The lowest BCUT2D eigenvalue weighted by molar-refractivity contribution is -0.386. The predicted molar refractivity (Wildman–Crippen MR) is 55.2 cm³/mol. The van der Waals surface area contributed by atoms with Crippen LogP contribution in [-0.4, -0.2) is 35.3 Å². The summed E-state index contributed by atoms with van der Waals surface area (Å²) in [5.41, 5.74) is -1.35. The Morgan fingerprint density at radius 1 is 1.56 bits per heavy atom. The van der Waals surface area contributed by atoms with Crippen LogP contribution in [0.5, 0.6) is 5.75 Å². The molecule has 1 N–H and O–H groups in total. The lowest BCUT2D eigenvalue weighted by Gasteiger charge is -2.26. The van der Waals surface area contributed by atoms with Gasteiger partial charge in [-0.05, 0) is 0 Å². The number of halogens is 1. The van der Waals surface area contributed by atoms with E-state index in [1.807, 2.05) is 0 Å². The number of carboxylic acid groups (broad SMARTS) is 1. The maximum absolute atomic E-state index is 13.4. The zero-order valence-corrected chi connectivity index (χ0v) is 8.96. The topological polar surface area (TPSA) is 98.9 Å². The summed E-state index contributed by atoms with van der Waals surface area (Å²) in [6, 6.07) is 1.35. The molecule has 8 heteroatoms. The molecule has 0 bridgehead atoms. The molecular weight excluding hydrogens is 249 g/mol. The van der Waals surface area contributed by atoms with Crippen LogP contribution < -0.4 is 4.74 Å². The van der Waals surface area contributed by atoms with Gasteiger partial charge in [0.1, 0.15) is 17.5 Å². The molecule has 1 aromatic carbocycles. The van der Waals surface area contributed by atoms with Gasteiger partial charge in [0.05, 0.1) is 18.1 Å². The highest BCUT2D eigenvalue weighted by Gasteiger charge is 2.27. The number of ether oxygens (including phenoxy) is 2. The van der Waals surface area contributed by atoms with E-state index in [-0.39, 0.29) is 25.1 Å². The van der Waals surface area contributed by atoms with Crippen LogP contribution in [0.3, 0.4) is 0 Å². The molecule has 1 aliphatic rings. The third-order valence-electron chi connectivity index (χ3n) is 2.38. The first-order valence-corrected chi connectivity index (χ1v) is 4.94. The van der Waals surface area contributed by atoms with Gasteiger partial charge in [-0.25, -0.2) is 9.18 Å². The van der Waals surface area contributed by atoms with Gasteiger partial charge in [0, 0.05) is 12.1 Å². The first kappa shape index (κ1) is 12.2. The van der Waals surface area contributed by atoms with Gasteiger partial charge in [0.2, 0.25) is 5.75 Å². The molecule has 18 heavy (non-hydrogen) atoms. The number of carboxylic acids is 1. The van der Waals surface area contributed by atoms with Crippen molar-refractivity contribution in [3.8, 4) is 5.75 Å². The summed E-state index contributed by atoms with van der Waals surface area (Å²) in [6.07, 6.45) is -0.376. The summed E-state index contributed by atoms with van der Waals surface area (Å²) in [5.74, 6) is -2.95. The van der Waals surface area contributed by atoms with E-state index >= 15 is 0 Å². The summed E-state index contributed by atoms with van der Waals surface area (Å²) >= 11 is 0. The molecule has 1 saturated heterocycles. The molecule has 1 fully saturated rings. The van der Waals surface area contributed by atoms with Crippen LogP contribution in [0.4, 0.5) is 10.1 Å². The molecule has 1 aromatic rings. The highest BCUT2D eigenvalue weighted by atomic mass is 19.1. The van der Waals surface area contributed by atoms with Crippen LogP contribution >= 0.6 is 0 Å². The van der Waals surface area contributed by atoms with Crippen molar-refractivity contribution in [2.24, 2.45) is 0 Å². The molecule has 0 spiro atoms. The number of hydrogen-bond acceptors (Lipinski definition) is 5. The molecule has 0 amide bonds. The maximum Gasteiger partial charge on any atom is 0.338 e. The number of benzene rings is 1. The SMILES string of the molecule is O=C(O)c1cc([N+](=O)[O-])c(OC2COC2)cc1F. The molecule has 1 heterocycles. The van der Waals surface area contributed by atoms with Crippen LogP contribution in [0.15, 0.2) is 12.1 Å². The van der Waals surface area contributed by atoms with Gasteiger partial charge in [0.25, 0.3) is 0 Å². The van der Waals surface area contributed by atoms with Crippen molar-refractivity contribution >= 4 is 11.7 Å². The number of hydrogen-bond donors (Lipinski definition) is 1. The van der Waals surface area contributed by atoms with Crippen LogP contribution in [0.2, 0.25) is 0 Å². The van der Waals surface area contributed by atoms with Crippen molar-refractivity contribution < 1.29 is 28.7 Å². The number of rotatable bonds is 4. The fraction of sp³-hybridized carbons (Fsp3) is 0.300. The van der Waals surface area contributed by atoms with E-state index < -0.39 is 28.0 Å². The molecule has 0 aliphatic carbocycles. The predicted octanol–water partition coefficient (Wildman–Crippen LogP) is 1.21. The summed E-state index contributed by atoms with van der Waals surface area (Å²) in [4.78, 5) is 20.6. The molecule has 2 rings (SSSR count). The Kier molecular flexibility index (Phi) is 3.11. The zero-order chi connectivity index (χ0) is 13.3. The second-order valence-corrected chi connectivity index (χ2v) is 3.64. The lowest BCUT2D eigenvalue weighted by atomic mass is 10.1. The van der Waals surface area contributed by atoms with E-state index in [9.17, 15) is 19.3 Å². The van der Waals surface area contributed by atoms with Crippen LogP contribution in [-0.2, 0) is 4.74 Å². The van der Waals surface area contributed by atoms with Crippen molar-refractivity contribution in [2.45, 2.75) is 6.10 Å². The molecular formula is C10H8FNO6. The summed E-state index contributed by atoms with van der Waals surface area (Å²) in [5, 5.41) is 19.5. The highest BCUT2D eigenvalue weighted by molar-refractivity contribution is 5.89. The molecule has 0 radical (unpaired) electrons. The van der Waals surface area contributed by atoms with Crippen LogP contribution in [0.1, 0.15) is 10.4 Å². The fourth-order valence-corrected chi connectivity index (χ4v) is 1.41. The maximum atomic E-state index is 13.4. The Morgan fingerprint density at radius 2 is 2.22 bits per heavy atom. The molecule has 0 atom stereocenters. The van der Waals surface area contributed by atoms with Crippen molar-refractivity contribution in [1.29, 1.82) is 0 Å². The monoisotopic (exact) mass is 257 g/mol. The van der Waals surface area contributed by atoms with Gasteiger partial charge in [-0.15, -0.1) is 0 Å². The minimum absolute atomic E-state index is 0.263. The molecule has 0 unspecified atom stereocenters. The molecule has 0 aromatic heterocycles. The van der Waals surface area contributed by atoms with Gasteiger partial charge in [-0.3, -0.25) is 10.1 Å². The molecule has 7 nitrogen and oxygen atoms in total. The second-order valence-electron chi connectivity index (χ2n) is 3.64. The average Bonchev–Trinajstić information content (AvgIpc) is 2.22. The molecule has 1 aliphatic heterocycles. The average molecular weight is 257 g/mol. The third-order valence-corrected chi connectivity index (χ3v) is 2.38. The van der Waals surface area contributed by atoms with Gasteiger partial charge in [-0.1, -0.05) is 0 Å². The Balaban J connectivity index is 2.40. The van der Waals surface area contributed by atoms with E-state index in [1.54, 1.807) is 0 Å². The van der Waals surface area contributed by atoms with Crippen molar-refractivity contribution in [1.82, 2.24) is 0 Å². The zero-order valence-electron chi connectivity index (χ0n) is 8.96. The van der Waals surface area contributed by atoms with Crippen LogP contribution in [0, 0.1) is 15.9 Å². The first-order valence-electron chi connectivity index (χ1n) is 4.94. The normalized spacial score (nSPS) is 14.9. The van der Waals surface area contributed by atoms with E-state index in [1.165, 1.54) is 0 Å². The van der Waals surface area contributed by atoms with Crippen molar-refractivity contribution in [2.75, 3.05) is 13.2 Å². The smallest absolute Gasteiger partial charge is 0.338 e. The number of nitro benzene ring substituents is 1. The number of nitro groups is 1. The Hall–Kier alpha value is -2.22. The first-order chi connectivity index (χ1) is 8.49. The van der Waals surface area contributed by atoms with Gasteiger partial charge in [-0.2, -0.15) is 0 Å². The van der Waals surface area contributed by atoms with Crippen molar-refractivity contribution in [3.63, 3.8) is 0 Å². The minimum atomic E-state index is -1.57. The summed E-state index contributed by atoms with van der Waals surface area (Å²) in [6.45, 7) is 0.527. The van der Waals surface area contributed by atoms with E-state index in [2.05, 4.69) is 0 Å². The highest BCUT2D eigenvalue weighted by Crippen LogP contribution is 2.31. The fourth-order valence-electron chi connectivity index (χ4n) is 1.41. The third kappa shape index (κ3) is 2.23. The Labute approximate surface area is 99.9 Å². The van der Waals surface area contributed by atoms with Crippen molar-refractivity contribution in [3.05, 3.63) is 33.6 Å². The van der Waals surface area contributed by atoms with Gasteiger partial charge >= 0.3 is 11.7 Å². The molecule has 96 valence electrons. The summed E-state index contributed by atoms with van der Waals surface area (Å²) in [7, 11) is 0. The number of nitrogens with zero attached hydrogens (tertiary/aromatic N) is 1. The quantitative estimate of drug-likeness (QED) is 0.642. The molecule has 0 saturated carbocycles. The second kappa shape index (κ2) is 4.57. The van der Waals surface area contributed by atoms with Gasteiger partial charge < -0.3 is 14.6 Å². The summed E-state index contributed by atoms with van der Waals surface area (Å²) < 4.78 is 23.4. The van der Waals surface area contributed by atoms with E-state index in [0.717, 1.165) is 0 Å².